The topological polar surface area (TPSA) is 73.5 Å². The van der Waals surface area contributed by atoms with Gasteiger partial charge in [0.25, 0.3) is 5.91 Å². The zero-order valence-corrected chi connectivity index (χ0v) is 18.5. The molecule has 3 N–H and O–H groups in total. The van der Waals surface area contributed by atoms with Gasteiger partial charge in [0.1, 0.15) is 5.82 Å². The van der Waals surface area contributed by atoms with Crippen LogP contribution in [0.5, 0.6) is 0 Å². The fourth-order valence-electron chi connectivity index (χ4n) is 3.98. The summed E-state index contributed by atoms with van der Waals surface area (Å²) >= 11 is 0. The van der Waals surface area contributed by atoms with Crippen molar-refractivity contribution >= 4 is 34.7 Å². The summed E-state index contributed by atoms with van der Waals surface area (Å²) in [6.07, 6.45) is 3.00. The van der Waals surface area contributed by atoms with Crippen molar-refractivity contribution < 1.29 is 14.0 Å². The minimum Gasteiger partial charge on any atom is -0.370 e. The second-order valence-corrected chi connectivity index (χ2v) is 7.98. The van der Waals surface area contributed by atoms with Crippen LogP contribution >= 0.6 is 0 Å². The average Bonchev–Trinajstić information content (AvgIpc) is 3.34. The molecule has 0 saturated carbocycles. The van der Waals surface area contributed by atoms with Crippen molar-refractivity contribution in [3.05, 3.63) is 83.7 Å². The van der Waals surface area contributed by atoms with Crippen LogP contribution in [0.2, 0.25) is 0 Å². The van der Waals surface area contributed by atoms with E-state index in [1.54, 1.807) is 6.07 Å². The normalized spacial score (nSPS) is 13.0. The van der Waals surface area contributed by atoms with Crippen LogP contribution in [0.3, 0.4) is 0 Å². The monoisotopic (exact) mass is 446 g/mol. The van der Waals surface area contributed by atoms with Crippen LogP contribution < -0.4 is 20.9 Å². The second-order valence-electron chi connectivity index (χ2n) is 7.98. The van der Waals surface area contributed by atoms with E-state index in [0.29, 0.717) is 16.9 Å². The number of carbonyl (C=O) groups excluding carboxylic acids is 2. The van der Waals surface area contributed by atoms with Gasteiger partial charge in [-0.05, 0) is 73.4 Å². The Morgan fingerprint density at radius 2 is 1.58 bits per heavy atom. The van der Waals surface area contributed by atoms with Crippen molar-refractivity contribution in [2.75, 3.05) is 33.9 Å². The number of urea groups is 1. The van der Waals surface area contributed by atoms with E-state index < -0.39 is 5.82 Å². The number of anilines is 4. The molecule has 3 aromatic rings. The molecule has 170 valence electrons. The van der Waals surface area contributed by atoms with E-state index in [9.17, 15) is 14.0 Å². The number of rotatable bonds is 6. The maximum absolute atomic E-state index is 13.2. The van der Waals surface area contributed by atoms with Gasteiger partial charge in [-0.1, -0.05) is 25.1 Å². The van der Waals surface area contributed by atoms with E-state index in [4.69, 9.17) is 0 Å². The Labute approximate surface area is 192 Å². The van der Waals surface area contributed by atoms with Crippen LogP contribution in [0.1, 0.15) is 35.7 Å². The summed E-state index contributed by atoms with van der Waals surface area (Å²) in [4.78, 5) is 27.6. The predicted molar refractivity (Wildman–Crippen MR) is 131 cm³/mol. The molecule has 4 rings (SSSR count). The number of halogens is 1. The number of amides is 3. The van der Waals surface area contributed by atoms with Crippen LogP contribution in [0.4, 0.5) is 31.9 Å². The second kappa shape index (κ2) is 10.2. The molecule has 0 spiro atoms. The van der Waals surface area contributed by atoms with Crippen LogP contribution in [-0.2, 0) is 6.42 Å². The van der Waals surface area contributed by atoms with Crippen molar-refractivity contribution in [2.24, 2.45) is 0 Å². The van der Waals surface area contributed by atoms with Gasteiger partial charge in [0.15, 0.2) is 0 Å². The predicted octanol–water partition coefficient (Wildman–Crippen LogP) is 5.88. The lowest BCUT2D eigenvalue weighted by atomic mass is 10.1. The molecule has 0 radical (unpaired) electrons. The molecule has 0 atom stereocenters. The van der Waals surface area contributed by atoms with E-state index in [0.717, 1.165) is 49.3 Å². The Hall–Kier alpha value is -3.87. The van der Waals surface area contributed by atoms with Crippen molar-refractivity contribution in [3.63, 3.8) is 0 Å². The number of aryl methyl sites for hydroxylation is 1. The first-order valence-electron chi connectivity index (χ1n) is 11.2. The number of nitrogens with one attached hydrogen (secondary N) is 3. The lowest BCUT2D eigenvalue weighted by molar-refractivity contribution is 0.102. The lowest BCUT2D eigenvalue weighted by Gasteiger charge is -2.23. The molecular formula is C26H27FN4O2. The molecule has 1 aliphatic heterocycles. The third-order valence-electron chi connectivity index (χ3n) is 5.70. The molecule has 0 aliphatic carbocycles. The maximum Gasteiger partial charge on any atom is 0.323 e. The molecule has 6 nitrogen and oxygen atoms in total. The van der Waals surface area contributed by atoms with Gasteiger partial charge in [-0.2, -0.15) is 0 Å². The fourth-order valence-corrected chi connectivity index (χ4v) is 3.98. The minimum absolute atomic E-state index is 0.349. The highest BCUT2D eigenvalue weighted by atomic mass is 19.1. The van der Waals surface area contributed by atoms with E-state index in [1.807, 2.05) is 43.3 Å². The van der Waals surface area contributed by atoms with Crippen molar-refractivity contribution in [1.82, 2.24) is 0 Å². The standard InChI is InChI=1S/C26H27FN4O2/c1-2-18-7-3-4-8-22(18)29-26(33)30-23-17-21(13-14-24(23)31-15-5-6-16-31)28-25(32)19-9-11-20(27)12-10-19/h3-4,7-14,17H,2,5-6,15-16H2,1H3,(H,28,32)(H2,29,30,33). The number of nitrogens with zero attached hydrogens (tertiary/aromatic N) is 1. The molecule has 1 saturated heterocycles. The molecule has 1 heterocycles. The van der Waals surface area contributed by atoms with E-state index in [2.05, 4.69) is 20.9 Å². The maximum atomic E-state index is 13.2. The molecule has 1 aliphatic rings. The smallest absolute Gasteiger partial charge is 0.323 e. The molecule has 3 aromatic carbocycles. The Morgan fingerprint density at radius 1 is 0.879 bits per heavy atom. The number of carbonyl (C=O) groups is 2. The average molecular weight is 447 g/mol. The van der Waals surface area contributed by atoms with Crippen molar-refractivity contribution in [1.29, 1.82) is 0 Å². The number of hydrogen-bond donors (Lipinski definition) is 3. The summed E-state index contributed by atoms with van der Waals surface area (Å²) in [7, 11) is 0. The molecular weight excluding hydrogens is 419 g/mol. The summed E-state index contributed by atoms with van der Waals surface area (Å²) < 4.78 is 13.2. The minimum atomic E-state index is -0.399. The zero-order valence-electron chi connectivity index (χ0n) is 18.5. The Morgan fingerprint density at radius 3 is 2.30 bits per heavy atom. The number of hydrogen-bond acceptors (Lipinski definition) is 3. The number of benzene rings is 3. The van der Waals surface area contributed by atoms with Gasteiger partial charge >= 0.3 is 6.03 Å². The summed E-state index contributed by atoms with van der Waals surface area (Å²) in [5.74, 6) is -0.750. The molecule has 0 unspecified atom stereocenters. The van der Waals surface area contributed by atoms with Crippen LogP contribution in [0.25, 0.3) is 0 Å². The first-order valence-corrected chi connectivity index (χ1v) is 11.2. The SMILES string of the molecule is CCc1ccccc1NC(=O)Nc1cc(NC(=O)c2ccc(F)cc2)ccc1N1CCCC1. The van der Waals surface area contributed by atoms with Gasteiger partial charge in [0.2, 0.25) is 0 Å². The summed E-state index contributed by atoms with van der Waals surface area (Å²) in [5.41, 5.74) is 4.22. The lowest BCUT2D eigenvalue weighted by Crippen LogP contribution is -2.24. The molecule has 33 heavy (non-hydrogen) atoms. The Bertz CT molecular complexity index is 1140. The highest BCUT2D eigenvalue weighted by Crippen LogP contribution is 2.32. The molecule has 1 fully saturated rings. The zero-order chi connectivity index (χ0) is 23.2. The highest BCUT2D eigenvalue weighted by molar-refractivity contribution is 6.06. The Balaban J connectivity index is 1.55. The summed E-state index contributed by atoms with van der Waals surface area (Å²) in [5, 5.41) is 8.71. The van der Waals surface area contributed by atoms with Crippen LogP contribution in [0.15, 0.2) is 66.7 Å². The van der Waals surface area contributed by atoms with Gasteiger partial charge in [0, 0.05) is 30.0 Å². The van der Waals surface area contributed by atoms with Gasteiger partial charge in [-0.15, -0.1) is 0 Å². The first-order chi connectivity index (χ1) is 16.0. The van der Waals surface area contributed by atoms with E-state index in [1.165, 1.54) is 24.3 Å². The largest absolute Gasteiger partial charge is 0.370 e. The Kier molecular flexibility index (Phi) is 6.88. The van der Waals surface area contributed by atoms with Crippen molar-refractivity contribution in [3.8, 4) is 0 Å². The van der Waals surface area contributed by atoms with E-state index >= 15 is 0 Å². The molecule has 7 heteroatoms. The third kappa shape index (κ3) is 5.49. The van der Waals surface area contributed by atoms with Gasteiger partial charge in [0.05, 0.1) is 11.4 Å². The first kappa shape index (κ1) is 22.3. The number of para-hydroxylation sites is 1. The van der Waals surface area contributed by atoms with Crippen molar-refractivity contribution in [2.45, 2.75) is 26.2 Å². The molecule has 0 bridgehead atoms. The van der Waals surface area contributed by atoms with Gasteiger partial charge in [-0.25, -0.2) is 9.18 Å². The molecule has 0 aromatic heterocycles. The van der Waals surface area contributed by atoms with Crippen LogP contribution in [0, 0.1) is 5.82 Å². The van der Waals surface area contributed by atoms with E-state index in [-0.39, 0.29) is 11.9 Å². The highest BCUT2D eigenvalue weighted by Gasteiger charge is 2.18. The van der Waals surface area contributed by atoms with Gasteiger partial charge in [-0.3, -0.25) is 4.79 Å². The third-order valence-corrected chi connectivity index (χ3v) is 5.70. The van der Waals surface area contributed by atoms with Gasteiger partial charge < -0.3 is 20.9 Å². The molecule has 3 amide bonds. The fraction of sp³-hybridized carbons (Fsp3) is 0.231. The summed E-state index contributed by atoms with van der Waals surface area (Å²) in [6, 6.07) is 18.2. The van der Waals surface area contributed by atoms with Crippen LogP contribution in [-0.4, -0.2) is 25.0 Å². The summed E-state index contributed by atoms with van der Waals surface area (Å²) in [6.45, 7) is 3.86. The quantitative estimate of drug-likeness (QED) is 0.442.